The van der Waals surface area contributed by atoms with Crippen LogP contribution in [0.2, 0.25) is 0 Å². The van der Waals surface area contributed by atoms with Gasteiger partial charge in [-0.3, -0.25) is 9.69 Å². The van der Waals surface area contributed by atoms with Crippen LogP contribution in [0, 0.1) is 24.2 Å². The Hall–Kier alpha value is -4.42. The highest BCUT2D eigenvalue weighted by Gasteiger charge is 2.37. The van der Waals surface area contributed by atoms with Gasteiger partial charge in [0.1, 0.15) is 24.2 Å². The number of hydrogen-bond donors (Lipinski definition) is 1. The maximum absolute atomic E-state index is 13.7. The van der Waals surface area contributed by atoms with E-state index >= 15 is 0 Å². The largest absolute Gasteiger partial charge is 0.418 e. The normalized spacial score (nSPS) is 15.7. The molecule has 0 aliphatic carbocycles. The predicted octanol–water partition coefficient (Wildman–Crippen LogP) is 3.38. The second-order valence-corrected chi connectivity index (χ2v) is 7.82. The highest BCUT2D eigenvalue weighted by Crippen LogP contribution is 2.39. The lowest BCUT2D eigenvalue weighted by atomic mass is 10.0. The van der Waals surface area contributed by atoms with E-state index in [-0.39, 0.29) is 34.5 Å². The SMILES string of the molecule is C#C.CC=O.CC[C@@H]1C(=O)N(c2cc(-c3cc(C(F)(F)F)c4c(N)ncnn34)ccc2C#N)CCN1C. The number of alkyl halides is 3. The smallest absolute Gasteiger partial charge is 0.382 e. The number of carbonyl (C=O) groups is 2. The minimum Gasteiger partial charge on any atom is -0.382 e. The number of rotatable bonds is 3. The number of hydrogen-bond acceptors (Lipinski definition) is 7. The fraction of sp³-hybridized carbons (Fsp3) is 0.320. The number of piperazine rings is 1. The molecule has 12 heteroatoms. The summed E-state index contributed by atoms with van der Waals surface area (Å²) in [5.74, 6) is -0.454. The van der Waals surface area contributed by atoms with Gasteiger partial charge < -0.3 is 15.4 Å². The maximum Gasteiger partial charge on any atom is 0.418 e. The molecule has 9 nitrogen and oxygen atoms in total. The third-order valence-electron chi connectivity index (χ3n) is 5.74. The first-order valence-corrected chi connectivity index (χ1v) is 11.1. The van der Waals surface area contributed by atoms with Gasteiger partial charge in [-0.05, 0) is 38.6 Å². The molecular formula is C25H26F3N7O2. The van der Waals surface area contributed by atoms with E-state index in [1.54, 1.807) is 6.07 Å². The monoisotopic (exact) mass is 513 g/mol. The number of nitriles is 1. The molecule has 0 radical (unpaired) electrons. The Morgan fingerprint density at radius 1 is 1.27 bits per heavy atom. The third-order valence-corrected chi connectivity index (χ3v) is 5.74. The molecular weight excluding hydrogens is 487 g/mol. The van der Waals surface area contributed by atoms with E-state index in [0.29, 0.717) is 30.8 Å². The van der Waals surface area contributed by atoms with E-state index in [4.69, 9.17) is 10.5 Å². The fourth-order valence-electron chi connectivity index (χ4n) is 4.12. The molecule has 2 N–H and O–H groups in total. The van der Waals surface area contributed by atoms with Crippen molar-refractivity contribution in [3.8, 4) is 30.2 Å². The Kier molecular flexibility index (Phi) is 9.36. The van der Waals surface area contributed by atoms with Gasteiger partial charge in [0.15, 0.2) is 5.82 Å². The van der Waals surface area contributed by atoms with Crippen molar-refractivity contribution in [2.45, 2.75) is 32.5 Å². The molecule has 3 heterocycles. The molecule has 1 aliphatic heterocycles. The van der Waals surface area contributed by atoms with Gasteiger partial charge in [-0.15, -0.1) is 12.8 Å². The fourth-order valence-corrected chi connectivity index (χ4v) is 4.12. The Bertz CT molecular complexity index is 1340. The van der Waals surface area contributed by atoms with Crippen LogP contribution in [0.3, 0.4) is 0 Å². The van der Waals surface area contributed by atoms with Crippen molar-refractivity contribution >= 4 is 29.2 Å². The second kappa shape index (κ2) is 12.0. The van der Waals surface area contributed by atoms with Gasteiger partial charge in [0.2, 0.25) is 5.91 Å². The molecule has 37 heavy (non-hydrogen) atoms. The molecule has 1 aromatic carbocycles. The Morgan fingerprint density at radius 2 is 1.92 bits per heavy atom. The molecule has 4 rings (SSSR count). The Morgan fingerprint density at radius 3 is 2.49 bits per heavy atom. The van der Waals surface area contributed by atoms with Crippen LogP contribution < -0.4 is 10.6 Å². The van der Waals surface area contributed by atoms with Crippen molar-refractivity contribution in [3.05, 3.63) is 41.7 Å². The number of nitrogens with zero attached hydrogens (tertiary/aromatic N) is 6. The van der Waals surface area contributed by atoms with Crippen molar-refractivity contribution in [2.24, 2.45) is 0 Å². The molecule has 3 aromatic rings. The summed E-state index contributed by atoms with van der Waals surface area (Å²) in [5.41, 5.74) is 5.52. The summed E-state index contributed by atoms with van der Waals surface area (Å²) >= 11 is 0. The first-order valence-electron chi connectivity index (χ1n) is 11.1. The molecule has 0 unspecified atom stereocenters. The summed E-state index contributed by atoms with van der Waals surface area (Å²) in [4.78, 5) is 29.0. The number of terminal acetylenes is 1. The number of nitrogens with two attached hydrogens (primary N) is 1. The zero-order valence-corrected chi connectivity index (χ0v) is 20.5. The average molecular weight is 514 g/mol. The number of likely N-dealkylation sites (N-methyl/N-ethyl adjacent to an activating group) is 1. The number of halogens is 3. The molecule has 0 spiro atoms. The second-order valence-electron chi connectivity index (χ2n) is 7.82. The lowest BCUT2D eigenvalue weighted by Crippen LogP contribution is -2.55. The van der Waals surface area contributed by atoms with Gasteiger partial charge in [-0.1, -0.05) is 13.0 Å². The molecule has 1 amide bonds. The van der Waals surface area contributed by atoms with Gasteiger partial charge in [-0.25, -0.2) is 9.50 Å². The standard InChI is InChI=1S/C21H20F3N7O.C2H4O.C2H2/c1-3-15-20(32)30(7-6-29(15)2)16-8-12(4-5-13(16)10-25)17-9-14(21(22,23)24)18-19(26)27-11-28-31(17)18;1-2-3;1-2/h4-5,8-9,11,15H,3,6-7H2,1-2H3,(H2,26,27,28);2H,1H3;1-2H/t15-;;/m1../s1. The maximum atomic E-state index is 13.7. The van der Waals surface area contributed by atoms with Crippen LogP contribution in [-0.4, -0.2) is 57.9 Å². The van der Waals surface area contributed by atoms with Crippen molar-refractivity contribution in [3.63, 3.8) is 0 Å². The minimum atomic E-state index is -4.67. The summed E-state index contributed by atoms with van der Waals surface area (Å²) in [5, 5.41) is 13.6. The third kappa shape index (κ3) is 5.71. The van der Waals surface area contributed by atoms with Crippen molar-refractivity contribution in [1.82, 2.24) is 19.5 Å². The molecule has 1 atom stereocenters. The first-order chi connectivity index (χ1) is 17.6. The van der Waals surface area contributed by atoms with Crippen molar-refractivity contribution < 1.29 is 22.8 Å². The molecule has 0 bridgehead atoms. The van der Waals surface area contributed by atoms with Crippen LogP contribution >= 0.6 is 0 Å². The van der Waals surface area contributed by atoms with Crippen LogP contribution in [0.4, 0.5) is 24.7 Å². The van der Waals surface area contributed by atoms with Crippen LogP contribution in [0.15, 0.2) is 30.6 Å². The topological polar surface area (TPSA) is 121 Å². The molecule has 1 saturated heterocycles. The summed E-state index contributed by atoms with van der Waals surface area (Å²) in [6, 6.07) is 7.26. The number of aldehydes is 1. The molecule has 194 valence electrons. The van der Waals surface area contributed by atoms with Gasteiger partial charge in [0.25, 0.3) is 0 Å². The first kappa shape index (κ1) is 28.8. The van der Waals surface area contributed by atoms with E-state index < -0.39 is 11.7 Å². The number of amides is 1. The number of carbonyl (C=O) groups excluding carboxylic acids is 2. The average Bonchev–Trinajstić information content (AvgIpc) is 3.28. The summed E-state index contributed by atoms with van der Waals surface area (Å²) in [7, 11) is 1.86. The zero-order chi connectivity index (χ0) is 27.9. The van der Waals surface area contributed by atoms with Gasteiger partial charge >= 0.3 is 6.18 Å². The van der Waals surface area contributed by atoms with Crippen LogP contribution in [0.25, 0.3) is 16.8 Å². The van der Waals surface area contributed by atoms with Crippen LogP contribution in [0.5, 0.6) is 0 Å². The number of aromatic nitrogens is 3. The lowest BCUT2D eigenvalue weighted by molar-refractivity contribution is -0.136. The highest BCUT2D eigenvalue weighted by molar-refractivity contribution is 5.99. The van der Waals surface area contributed by atoms with Gasteiger partial charge in [0, 0.05) is 18.7 Å². The van der Waals surface area contributed by atoms with E-state index in [1.165, 1.54) is 24.0 Å². The number of anilines is 2. The number of nitrogen functional groups attached to an aromatic ring is 1. The molecule has 1 fully saturated rings. The van der Waals surface area contributed by atoms with Crippen molar-refractivity contribution in [2.75, 3.05) is 30.8 Å². The summed E-state index contributed by atoms with van der Waals surface area (Å²) in [6.07, 6.45) is 5.76. The van der Waals surface area contributed by atoms with E-state index in [2.05, 4.69) is 29.0 Å². The van der Waals surface area contributed by atoms with E-state index in [1.807, 2.05) is 18.9 Å². The number of benzene rings is 1. The van der Waals surface area contributed by atoms with E-state index in [9.17, 15) is 23.2 Å². The van der Waals surface area contributed by atoms with Crippen LogP contribution in [-0.2, 0) is 15.8 Å². The Balaban J connectivity index is 0.000000898. The number of fused-ring (bicyclic) bond motifs is 1. The quantitative estimate of drug-likeness (QED) is 0.421. The van der Waals surface area contributed by atoms with E-state index in [0.717, 1.165) is 23.2 Å². The van der Waals surface area contributed by atoms with Gasteiger partial charge in [0.05, 0.1) is 28.6 Å². The highest BCUT2D eigenvalue weighted by atomic mass is 19.4. The van der Waals surface area contributed by atoms with Crippen molar-refractivity contribution in [1.29, 1.82) is 5.26 Å². The Labute approximate surface area is 212 Å². The van der Waals surface area contributed by atoms with Gasteiger partial charge in [-0.2, -0.15) is 23.5 Å². The predicted molar refractivity (Wildman–Crippen MR) is 133 cm³/mol. The molecule has 1 aliphatic rings. The summed E-state index contributed by atoms with van der Waals surface area (Å²) in [6.45, 7) is 4.32. The molecule has 0 saturated carbocycles. The lowest BCUT2D eigenvalue weighted by Gasteiger charge is -2.38. The van der Waals surface area contributed by atoms with Crippen LogP contribution in [0.1, 0.15) is 31.4 Å². The zero-order valence-electron chi connectivity index (χ0n) is 20.5. The molecule has 2 aromatic heterocycles. The minimum absolute atomic E-state index is 0.126. The summed E-state index contributed by atoms with van der Waals surface area (Å²) < 4.78 is 42.1.